The summed E-state index contributed by atoms with van der Waals surface area (Å²) in [6.45, 7) is 5.56. The number of aliphatic imine (C=N–C) groups is 1. The molecule has 65 heavy (non-hydrogen) atoms. The number of aliphatic hydroxyl groups excluding tert-OH is 1. The molecular weight excluding hydrogens is 877 g/mol. The molecule has 1 aliphatic rings. The van der Waals surface area contributed by atoms with Gasteiger partial charge in [-0.25, -0.2) is 26.7 Å². The normalized spacial score (nSPS) is 16.4. The van der Waals surface area contributed by atoms with Crippen LogP contribution in [0.3, 0.4) is 0 Å². The molecule has 0 radical (unpaired) electrons. The van der Waals surface area contributed by atoms with Gasteiger partial charge in [-0.1, -0.05) is 27.7 Å². The maximum Gasteiger partial charge on any atom is 0.326 e. The lowest BCUT2D eigenvalue weighted by atomic mass is 9.98. The van der Waals surface area contributed by atoms with Crippen LogP contribution in [-0.2, 0) is 44.8 Å². The van der Waals surface area contributed by atoms with E-state index in [2.05, 4.69) is 26.3 Å². The number of hydrogen-bond donors (Lipinski definition) is 11. The van der Waals surface area contributed by atoms with Crippen LogP contribution in [0.15, 0.2) is 4.99 Å². The van der Waals surface area contributed by atoms with Gasteiger partial charge in [0.25, 0.3) is 0 Å². The molecule has 1 saturated heterocycles. The largest absolute Gasteiger partial charge is 0.480 e. The van der Waals surface area contributed by atoms with Crippen LogP contribution < -0.4 is 49.5 Å². The summed E-state index contributed by atoms with van der Waals surface area (Å²) < 4.78 is 71.6. The monoisotopic (exact) mass is 935 g/mol. The Labute approximate surface area is 370 Å². The maximum atomic E-state index is 14.8. The first kappa shape index (κ1) is 55.0. The van der Waals surface area contributed by atoms with E-state index in [4.69, 9.17) is 22.9 Å². The fraction of sp³-hybridized carbons (Fsp3) is 0.615. The smallest absolute Gasteiger partial charge is 0.326 e. The van der Waals surface area contributed by atoms with Gasteiger partial charge in [0.1, 0.15) is 42.3 Å². The number of guanidine groups is 1. The van der Waals surface area contributed by atoms with Crippen molar-refractivity contribution in [2.75, 3.05) is 19.7 Å². The molecule has 1 fully saturated rings. The number of carboxylic acids is 1. The molecule has 21 nitrogen and oxygen atoms in total. The van der Waals surface area contributed by atoms with Crippen molar-refractivity contribution in [3.8, 4) is 0 Å². The zero-order valence-electron chi connectivity index (χ0n) is 36.2. The molecule has 0 bridgehead atoms. The topological polar surface area (TPSA) is 357 Å². The number of nitrogens with zero attached hydrogens (tertiary/aromatic N) is 2. The van der Waals surface area contributed by atoms with E-state index in [9.17, 15) is 70.5 Å². The maximum absolute atomic E-state index is 14.8. The first-order valence-corrected chi connectivity index (χ1v) is 20.6. The molecule has 15 N–H and O–H groups in total. The summed E-state index contributed by atoms with van der Waals surface area (Å²) in [4.78, 5) is 110. The summed E-state index contributed by atoms with van der Waals surface area (Å²) in [6, 6.07) is -11.3. The third kappa shape index (κ3) is 16.4. The molecule has 26 heteroatoms. The van der Waals surface area contributed by atoms with Crippen molar-refractivity contribution in [3.05, 3.63) is 34.6 Å². The van der Waals surface area contributed by atoms with E-state index in [1.54, 1.807) is 27.7 Å². The molecule has 7 atom stereocenters. The van der Waals surface area contributed by atoms with E-state index in [0.29, 0.717) is 6.42 Å². The number of primary amides is 1. The minimum absolute atomic E-state index is 0.00688. The molecule has 0 aliphatic carbocycles. The number of nitrogens with two attached hydrogens (primary N) is 4. The highest BCUT2D eigenvalue weighted by Crippen LogP contribution is 2.25. The second-order valence-electron chi connectivity index (χ2n) is 16.3. The average molecular weight is 936 g/mol. The summed E-state index contributed by atoms with van der Waals surface area (Å²) in [5.41, 5.74) is 20.2. The number of halogens is 5. The van der Waals surface area contributed by atoms with Crippen molar-refractivity contribution >= 4 is 53.3 Å². The Kier molecular flexibility index (Phi) is 21.4. The van der Waals surface area contributed by atoms with E-state index in [-0.39, 0.29) is 57.1 Å². The zero-order valence-corrected chi connectivity index (χ0v) is 36.2. The second-order valence-corrected chi connectivity index (χ2v) is 16.3. The third-order valence-corrected chi connectivity index (χ3v) is 9.97. The lowest BCUT2D eigenvalue weighted by Crippen LogP contribution is -2.60. The van der Waals surface area contributed by atoms with Crippen molar-refractivity contribution in [1.82, 2.24) is 31.5 Å². The number of aliphatic hydroxyl groups is 1. The number of benzene rings is 1. The Morgan fingerprint density at radius 1 is 0.692 bits per heavy atom. The molecule has 1 aromatic carbocycles. The second kappa shape index (κ2) is 25.3. The highest BCUT2D eigenvalue weighted by molar-refractivity contribution is 5.98. The molecule has 0 aromatic heterocycles. The van der Waals surface area contributed by atoms with Gasteiger partial charge in [0.15, 0.2) is 29.2 Å². The summed E-state index contributed by atoms with van der Waals surface area (Å²) >= 11 is 0. The van der Waals surface area contributed by atoms with Gasteiger partial charge in [0, 0.05) is 25.1 Å². The van der Waals surface area contributed by atoms with Crippen LogP contribution >= 0.6 is 0 Å². The minimum atomic E-state index is -2.49. The van der Waals surface area contributed by atoms with Crippen molar-refractivity contribution in [2.45, 2.75) is 121 Å². The van der Waals surface area contributed by atoms with Crippen molar-refractivity contribution in [1.29, 1.82) is 0 Å². The summed E-state index contributed by atoms with van der Waals surface area (Å²) in [7, 11) is 0. The number of nitrogens with one attached hydrogen (secondary N) is 5. The molecule has 2 rings (SSSR count). The quantitative estimate of drug-likeness (QED) is 0.0124. The number of carbonyl (C=O) groups is 8. The van der Waals surface area contributed by atoms with E-state index < -0.39 is 150 Å². The summed E-state index contributed by atoms with van der Waals surface area (Å²) in [5, 5.41) is 30.6. The van der Waals surface area contributed by atoms with Crippen LogP contribution in [0.4, 0.5) is 22.0 Å². The number of likely N-dealkylation sites (tertiary alicyclic amines) is 1. The summed E-state index contributed by atoms with van der Waals surface area (Å²) in [5.74, 6) is -21.8. The molecule has 0 saturated carbocycles. The van der Waals surface area contributed by atoms with E-state index in [1.807, 2.05) is 5.32 Å². The molecule has 0 unspecified atom stereocenters. The van der Waals surface area contributed by atoms with Crippen LogP contribution in [0.2, 0.25) is 0 Å². The Morgan fingerprint density at radius 3 is 1.60 bits per heavy atom. The highest BCUT2D eigenvalue weighted by atomic mass is 19.2. The van der Waals surface area contributed by atoms with Gasteiger partial charge in [-0.15, -0.1) is 0 Å². The van der Waals surface area contributed by atoms with Crippen LogP contribution in [0, 0.1) is 40.9 Å². The van der Waals surface area contributed by atoms with E-state index in [0.717, 1.165) is 4.90 Å². The number of carbonyl (C=O) groups excluding carboxylic acids is 7. The van der Waals surface area contributed by atoms with Crippen molar-refractivity contribution in [2.24, 2.45) is 39.8 Å². The number of hydrogen-bond acceptors (Lipinski definition) is 11. The van der Waals surface area contributed by atoms with E-state index in [1.165, 1.54) is 0 Å². The predicted octanol–water partition coefficient (Wildman–Crippen LogP) is -2.24. The van der Waals surface area contributed by atoms with Gasteiger partial charge in [-0.3, -0.25) is 38.6 Å². The first-order valence-electron chi connectivity index (χ1n) is 20.6. The molecule has 1 aliphatic heterocycles. The number of carboxylic acid groups (broad SMARTS) is 1. The lowest BCUT2D eigenvalue weighted by molar-refractivity contribution is -0.149. The molecule has 364 valence electrons. The summed E-state index contributed by atoms with van der Waals surface area (Å²) in [6.07, 6.45) is -2.11. The SMILES string of the molecule is CC(C)C[C@H](NC(=O)[C@H](CC(C)C)NC(=O)[C@H](Cc1c(F)c(F)c(F)c(F)c1F)NC(=O)[C@@H](N)CO)C(=O)N[C@@H](CCCN=C(N)N)C(=O)N[C@@H](CC(N)=O)C(=O)N1CCC[C@H]1C(=O)O. The van der Waals surface area contributed by atoms with E-state index >= 15 is 0 Å². The Bertz CT molecular complexity index is 1930. The van der Waals surface area contributed by atoms with Gasteiger partial charge in [-0.05, 0) is 50.4 Å². The number of amides is 7. The predicted molar refractivity (Wildman–Crippen MR) is 220 cm³/mol. The van der Waals surface area contributed by atoms with Crippen molar-refractivity contribution < 1.29 is 70.5 Å². The van der Waals surface area contributed by atoms with Gasteiger partial charge in [0.2, 0.25) is 47.2 Å². The van der Waals surface area contributed by atoms with Crippen LogP contribution in [0.25, 0.3) is 0 Å². The fourth-order valence-electron chi connectivity index (χ4n) is 6.76. The van der Waals surface area contributed by atoms with Crippen molar-refractivity contribution in [3.63, 3.8) is 0 Å². The minimum Gasteiger partial charge on any atom is -0.480 e. The lowest BCUT2D eigenvalue weighted by Gasteiger charge is -2.29. The van der Waals surface area contributed by atoms with Gasteiger partial charge in [0.05, 0.1) is 13.0 Å². The van der Waals surface area contributed by atoms with Gasteiger partial charge < -0.3 is 64.6 Å². The molecule has 1 aromatic rings. The third-order valence-electron chi connectivity index (χ3n) is 9.97. The molecule has 7 amide bonds. The Hall–Kier alpha value is -6.18. The van der Waals surface area contributed by atoms with Gasteiger partial charge >= 0.3 is 5.97 Å². The fourth-order valence-corrected chi connectivity index (χ4v) is 6.76. The average Bonchev–Trinajstić information content (AvgIpc) is 3.73. The van der Waals surface area contributed by atoms with Gasteiger partial charge in [-0.2, -0.15) is 0 Å². The molecule has 1 heterocycles. The first-order chi connectivity index (χ1) is 30.3. The number of aliphatic carboxylic acids is 1. The highest BCUT2D eigenvalue weighted by Gasteiger charge is 2.40. The number of rotatable bonds is 25. The van der Waals surface area contributed by atoms with Crippen LogP contribution in [-0.4, -0.2) is 130 Å². The van der Waals surface area contributed by atoms with Crippen LogP contribution in [0.5, 0.6) is 0 Å². The molecule has 0 spiro atoms. The Morgan fingerprint density at radius 2 is 1.14 bits per heavy atom. The zero-order chi connectivity index (χ0) is 49.5. The standard InChI is InChI=1S/C39H58F5N11O10/c1-16(2)11-21(34(60)50-20(7-5-9-49-39(47)48)33(59)54-24(14-26(46)57)37(63)55-10-6-8-25(55)38(64)65)52-35(61)22(12-17(3)4)53-36(62)23(51-32(58)19(45)15-56)13-18-27(40)29(42)31(44)30(43)28(18)41/h16-17,19-25,56H,5-15,45H2,1-4H3,(H2,46,57)(H,50,60)(H,51,58)(H,52,61)(H,53,62)(H,54,59)(H,64,65)(H4,47,48,49)/t19-,20-,21-,22-,23-,24-,25-/m0/s1. The molecular formula is C39H58F5N11O10. The Balaban J connectivity index is 2.48. The van der Waals surface area contributed by atoms with Crippen LogP contribution in [0.1, 0.15) is 78.2 Å².